The zero-order valence-electron chi connectivity index (χ0n) is 6.94. The fraction of sp³-hybridized carbons (Fsp3) is 0. The predicted molar refractivity (Wildman–Crippen MR) is 57.8 cm³/mol. The smallest absolute Gasteiger partial charge is 0.142 e. The number of pyridine rings is 1. The maximum Gasteiger partial charge on any atom is 0.142 e. The summed E-state index contributed by atoms with van der Waals surface area (Å²) in [5.41, 5.74) is 1.35. The van der Waals surface area contributed by atoms with E-state index in [1.807, 2.05) is 6.07 Å². The van der Waals surface area contributed by atoms with Crippen molar-refractivity contribution in [2.75, 3.05) is 0 Å². The summed E-state index contributed by atoms with van der Waals surface area (Å²) in [4.78, 5) is 8.31. The molecule has 2 heterocycles. The van der Waals surface area contributed by atoms with Crippen LogP contribution in [0.4, 0.5) is 0 Å². The molecule has 0 atom stereocenters. The van der Waals surface area contributed by atoms with Crippen molar-refractivity contribution in [3.63, 3.8) is 0 Å². The largest absolute Gasteiger partial charge is 0.252 e. The van der Waals surface area contributed by atoms with Crippen LogP contribution in [-0.2, 0) is 0 Å². The Kier molecular flexibility index (Phi) is 2.57. The van der Waals surface area contributed by atoms with E-state index in [9.17, 15) is 0 Å². The molecule has 0 amide bonds. The Labute approximate surface area is 93.2 Å². The Bertz CT molecular complexity index is 484. The van der Waals surface area contributed by atoms with Crippen molar-refractivity contribution in [1.82, 2.24) is 9.97 Å². The molecular weight excluding hydrogens is 262 g/mol. The van der Waals surface area contributed by atoms with E-state index in [2.05, 4.69) is 25.9 Å². The fourth-order valence-corrected chi connectivity index (χ4v) is 2.14. The van der Waals surface area contributed by atoms with Crippen LogP contribution in [0.25, 0.3) is 10.7 Å². The van der Waals surface area contributed by atoms with Gasteiger partial charge in [0.1, 0.15) is 11.1 Å². The Morgan fingerprint density at radius 3 is 2.64 bits per heavy atom. The predicted octanol–water partition coefficient (Wildman–Crippen LogP) is 2.84. The van der Waals surface area contributed by atoms with Crippen molar-refractivity contribution < 1.29 is 0 Å². The summed E-state index contributed by atoms with van der Waals surface area (Å²) in [7, 11) is 0. The third-order valence-corrected chi connectivity index (χ3v) is 3.09. The van der Waals surface area contributed by atoms with E-state index in [0.29, 0.717) is 5.56 Å². The summed E-state index contributed by atoms with van der Waals surface area (Å²) in [5, 5.41) is 9.44. The number of aromatic nitrogens is 2. The summed E-state index contributed by atoms with van der Waals surface area (Å²) in [6, 6.07) is 5.55. The van der Waals surface area contributed by atoms with Gasteiger partial charge in [0, 0.05) is 6.20 Å². The molecule has 0 spiro atoms. The first-order chi connectivity index (χ1) is 6.79. The van der Waals surface area contributed by atoms with E-state index in [1.54, 1.807) is 24.5 Å². The number of hydrogen-bond acceptors (Lipinski definition) is 4. The van der Waals surface area contributed by atoms with E-state index in [0.717, 1.165) is 14.5 Å². The molecule has 0 aromatic carbocycles. The van der Waals surface area contributed by atoms with Crippen LogP contribution in [0.3, 0.4) is 0 Å². The molecule has 0 saturated heterocycles. The van der Waals surface area contributed by atoms with Crippen molar-refractivity contribution in [2.45, 2.75) is 0 Å². The molecule has 2 aromatic heterocycles. The molecule has 0 aliphatic rings. The van der Waals surface area contributed by atoms with Gasteiger partial charge < -0.3 is 0 Å². The van der Waals surface area contributed by atoms with E-state index >= 15 is 0 Å². The number of rotatable bonds is 1. The van der Waals surface area contributed by atoms with Gasteiger partial charge in [-0.1, -0.05) is 0 Å². The summed E-state index contributed by atoms with van der Waals surface area (Å²) < 4.78 is 0.971. The third kappa shape index (κ3) is 1.81. The minimum absolute atomic E-state index is 0.560. The lowest BCUT2D eigenvalue weighted by molar-refractivity contribution is 1.27. The van der Waals surface area contributed by atoms with E-state index in [-0.39, 0.29) is 0 Å². The van der Waals surface area contributed by atoms with Gasteiger partial charge >= 0.3 is 0 Å². The highest BCUT2D eigenvalue weighted by Crippen LogP contribution is 2.26. The standard InChI is InChI=1S/C9H4BrN3S/c10-8-5-13-9(14-8)7-2-1-6(3-11)4-12-7/h1-2,4-5H. The second-order valence-corrected chi connectivity index (χ2v) is 4.92. The Balaban J connectivity index is 2.39. The molecule has 0 saturated carbocycles. The maximum absolute atomic E-state index is 8.59. The minimum Gasteiger partial charge on any atom is -0.252 e. The summed E-state index contributed by atoms with van der Waals surface area (Å²) in [5.74, 6) is 0. The van der Waals surface area contributed by atoms with Gasteiger partial charge in [-0.05, 0) is 28.1 Å². The highest BCUT2D eigenvalue weighted by Gasteiger charge is 2.03. The van der Waals surface area contributed by atoms with E-state index in [4.69, 9.17) is 5.26 Å². The quantitative estimate of drug-likeness (QED) is 0.797. The molecule has 68 valence electrons. The average Bonchev–Trinajstić information content (AvgIpc) is 2.65. The molecule has 0 aliphatic carbocycles. The van der Waals surface area contributed by atoms with Gasteiger partial charge in [-0.15, -0.1) is 11.3 Å². The molecule has 0 aliphatic heterocycles. The molecular formula is C9H4BrN3S. The molecule has 3 nitrogen and oxygen atoms in total. The van der Waals surface area contributed by atoms with E-state index in [1.165, 1.54) is 11.3 Å². The number of halogens is 1. The number of nitriles is 1. The third-order valence-electron chi connectivity index (χ3n) is 1.59. The second-order valence-electron chi connectivity index (χ2n) is 2.51. The minimum atomic E-state index is 0.560. The summed E-state index contributed by atoms with van der Waals surface area (Å²) in [6.07, 6.45) is 3.28. The van der Waals surface area contributed by atoms with Gasteiger partial charge in [-0.3, -0.25) is 4.98 Å². The molecule has 14 heavy (non-hydrogen) atoms. The van der Waals surface area contributed by atoms with Gasteiger partial charge in [0.15, 0.2) is 0 Å². The first-order valence-corrected chi connectivity index (χ1v) is 5.38. The maximum atomic E-state index is 8.59. The van der Waals surface area contributed by atoms with Crippen molar-refractivity contribution in [2.24, 2.45) is 0 Å². The van der Waals surface area contributed by atoms with Crippen molar-refractivity contribution >= 4 is 27.3 Å². The molecule has 2 rings (SSSR count). The fourth-order valence-electron chi connectivity index (χ4n) is 0.959. The Morgan fingerprint density at radius 1 is 1.29 bits per heavy atom. The monoisotopic (exact) mass is 265 g/mol. The topological polar surface area (TPSA) is 49.6 Å². The van der Waals surface area contributed by atoms with Gasteiger partial charge in [-0.2, -0.15) is 5.26 Å². The van der Waals surface area contributed by atoms with Crippen LogP contribution in [0.5, 0.6) is 0 Å². The van der Waals surface area contributed by atoms with Crippen LogP contribution >= 0.6 is 27.3 Å². The summed E-state index contributed by atoms with van der Waals surface area (Å²) in [6.45, 7) is 0. The first-order valence-electron chi connectivity index (χ1n) is 3.77. The van der Waals surface area contributed by atoms with Gasteiger partial charge in [0.05, 0.1) is 21.2 Å². The zero-order valence-corrected chi connectivity index (χ0v) is 9.34. The molecule has 0 N–H and O–H groups in total. The lowest BCUT2D eigenvalue weighted by atomic mass is 10.3. The van der Waals surface area contributed by atoms with Crippen LogP contribution in [0, 0.1) is 11.3 Å². The van der Waals surface area contributed by atoms with Gasteiger partial charge in [0.2, 0.25) is 0 Å². The Morgan fingerprint density at radius 2 is 2.14 bits per heavy atom. The van der Waals surface area contributed by atoms with Crippen molar-refractivity contribution in [3.05, 3.63) is 33.9 Å². The highest BCUT2D eigenvalue weighted by atomic mass is 79.9. The van der Waals surface area contributed by atoms with E-state index < -0.39 is 0 Å². The molecule has 0 bridgehead atoms. The lowest BCUT2D eigenvalue weighted by Crippen LogP contribution is -1.82. The van der Waals surface area contributed by atoms with Crippen LogP contribution in [-0.4, -0.2) is 9.97 Å². The SMILES string of the molecule is N#Cc1ccc(-c2ncc(Br)s2)nc1. The molecule has 2 aromatic rings. The Hall–Kier alpha value is -1.25. The van der Waals surface area contributed by atoms with Crippen molar-refractivity contribution in [3.8, 4) is 16.8 Å². The van der Waals surface area contributed by atoms with Gasteiger partial charge in [-0.25, -0.2) is 4.98 Å². The van der Waals surface area contributed by atoms with Crippen LogP contribution in [0.2, 0.25) is 0 Å². The normalized spacial score (nSPS) is 9.71. The highest BCUT2D eigenvalue weighted by molar-refractivity contribution is 9.11. The molecule has 0 unspecified atom stereocenters. The number of thiazole rings is 1. The zero-order chi connectivity index (χ0) is 9.97. The lowest BCUT2D eigenvalue weighted by Gasteiger charge is -1.93. The van der Waals surface area contributed by atoms with Crippen LogP contribution in [0.1, 0.15) is 5.56 Å². The van der Waals surface area contributed by atoms with Gasteiger partial charge in [0.25, 0.3) is 0 Å². The van der Waals surface area contributed by atoms with Crippen LogP contribution < -0.4 is 0 Å². The van der Waals surface area contributed by atoms with Crippen molar-refractivity contribution in [1.29, 1.82) is 5.26 Å². The molecule has 0 radical (unpaired) electrons. The summed E-state index contributed by atoms with van der Waals surface area (Å²) >= 11 is 4.85. The second kappa shape index (κ2) is 3.86. The number of hydrogen-bond donors (Lipinski definition) is 0. The first kappa shape index (κ1) is 9.31. The number of nitrogens with zero attached hydrogens (tertiary/aromatic N) is 3. The van der Waals surface area contributed by atoms with Crippen LogP contribution in [0.15, 0.2) is 28.3 Å². The average molecular weight is 266 g/mol. The molecule has 5 heteroatoms. The molecule has 0 fully saturated rings.